The minimum atomic E-state index is -0.807. The predicted octanol–water partition coefficient (Wildman–Crippen LogP) is 3.49. The second kappa shape index (κ2) is 5.97. The Kier molecular flexibility index (Phi) is 4.32. The minimum Gasteiger partial charge on any atom is -0.350 e. The van der Waals surface area contributed by atoms with Gasteiger partial charge in [0.1, 0.15) is 0 Å². The average molecular weight is 264 g/mol. The highest BCUT2D eigenvalue weighted by molar-refractivity contribution is 5.21. The Morgan fingerprint density at radius 3 is 2.63 bits per heavy atom. The maximum absolute atomic E-state index is 13.1. The van der Waals surface area contributed by atoms with E-state index < -0.39 is 11.6 Å². The van der Waals surface area contributed by atoms with Gasteiger partial charge in [-0.05, 0) is 42.8 Å². The fourth-order valence-electron chi connectivity index (χ4n) is 2.22. The van der Waals surface area contributed by atoms with E-state index in [0.717, 1.165) is 18.1 Å². The summed E-state index contributed by atoms with van der Waals surface area (Å²) in [6, 6.07) is 6.38. The molecule has 1 unspecified atom stereocenters. The lowest BCUT2D eigenvalue weighted by atomic mass is 10.1. The zero-order valence-electron chi connectivity index (χ0n) is 11.2. The van der Waals surface area contributed by atoms with Gasteiger partial charge in [-0.3, -0.25) is 0 Å². The first kappa shape index (κ1) is 13.7. The van der Waals surface area contributed by atoms with Crippen molar-refractivity contribution in [2.45, 2.75) is 25.9 Å². The van der Waals surface area contributed by atoms with Gasteiger partial charge < -0.3 is 9.88 Å². The van der Waals surface area contributed by atoms with Crippen LogP contribution in [0.4, 0.5) is 8.78 Å². The predicted molar refractivity (Wildman–Crippen MR) is 72.0 cm³/mol. The first-order chi connectivity index (χ1) is 9.13. The lowest BCUT2D eigenvalue weighted by Gasteiger charge is -2.11. The third kappa shape index (κ3) is 3.20. The van der Waals surface area contributed by atoms with E-state index in [2.05, 4.69) is 12.2 Å². The van der Waals surface area contributed by atoms with Crippen LogP contribution in [-0.4, -0.2) is 11.6 Å². The third-order valence-corrected chi connectivity index (χ3v) is 3.28. The van der Waals surface area contributed by atoms with E-state index in [1.54, 1.807) is 6.07 Å². The molecule has 2 nitrogen and oxygen atoms in total. The number of rotatable bonds is 5. The molecule has 0 saturated heterocycles. The Hall–Kier alpha value is -1.68. The van der Waals surface area contributed by atoms with Gasteiger partial charge in [-0.15, -0.1) is 0 Å². The van der Waals surface area contributed by atoms with Gasteiger partial charge in [-0.2, -0.15) is 0 Å². The van der Waals surface area contributed by atoms with Gasteiger partial charge >= 0.3 is 0 Å². The highest BCUT2D eigenvalue weighted by Crippen LogP contribution is 2.17. The van der Waals surface area contributed by atoms with Crippen LogP contribution >= 0.6 is 0 Å². The van der Waals surface area contributed by atoms with Crippen molar-refractivity contribution in [3.63, 3.8) is 0 Å². The summed E-state index contributed by atoms with van der Waals surface area (Å²) >= 11 is 0. The molecule has 0 amide bonds. The van der Waals surface area contributed by atoms with Crippen molar-refractivity contribution in [2.75, 3.05) is 7.05 Å². The fraction of sp³-hybridized carbons (Fsp3) is 0.333. The number of nitrogens with one attached hydrogen (secondary N) is 1. The molecular formula is C15H18F2N2. The molecule has 0 bridgehead atoms. The number of hydrogen-bond donors (Lipinski definition) is 1. The van der Waals surface area contributed by atoms with E-state index in [9.17, 15) is 8.78 Å². The van der Waals surface area contributed by atoms with Crippen LogP contribution in [0.15, 0.2) is 36.7 Å². The molecule has 0 aliphatic carbocycles. The van der Waals surface area contributed by atoms with E-state index in [0.29, 0.717) is 12.6 Å². The smallest absolute Gasteiger partial charge is 0.159 e. The van der Waals surface area contributed by atoms with E-state index in [1.807, 2.05) is 30.1 Å². The molecule has 1 aromatic heterocycles. The van der Waals surface area contributed by atoms with Crippen molar-refractivity contribution >= 4 is 0 Å². The van der Waals surface area contributed by atoms with Crippen LogP contribution in [0.3, 0.4) is 0 Å². The molecule has 102 valence electrons. The molecule has 1 atom stereocenters. The van der Waals surface area contributed by atoms with Crippen molar-refractivity contribution in [1.29, 1.82) is 0 Å². The minimum absolute atomic E-state index is 0.325. The molecule has 2 rings (SSSR count). The first-order valence-electron chi connectivity index (χ1n) is 6.41. The molecule has 0 fully saturated rings. The molecule has 0 spiro atoms. The summed E-state index contributed by atoms with van der Waals surface area (Å²) in [4.78, 5) is 0. The van der Waals surface area contributed by atoms with E-state index in [4.69, 9.17) is 0 Å². The molecule has 4 heteroatoms. The first-order valence-corrected chi connectivity index (χ1v) is 6.41. The number of aromatic nitrogens is 1. The largest absolute Gasteiger partial charge is 0.350 e. The van der Waals surface area contributed by atoms with Crippen LogP contribution in [0, 0.1) is 11.6 Å². The number of hydrogen-bond acceptors (Lipinski definition) is 1. The van der Waals surface area contributed by atoms with Gasteiger partial charge in [0.25, 0.3) is 0 Å². The van der Waals surface area contributed by atoms with Crippen LogP contribution in [0.5, 0.6) is 0 Å². The molecule has 19 heavy (non-hydrogen) atoms. The molecular weight excluding hydrogens is 246 g/mol. The number of nitrogens with zero attached hydrogens (tertiary/aromatic N) is 1. The van der Waals surface area contributed by atoms with Crippen molar-refractivity contribution in [2.24, 2.45) is 0 Å². The van der Waals surface area contributed by atoms with Crippen molar-refractivity contribution < 1.29 is 8.78 Å². The Balaban J connectivity index is 2.13. The van der Waals surface area contributed by atoms with Gasteiger partial charge in [-0.25, -0.2) is 8.78 Å². The summed E-state index contributed by atoms with van der Waals surface area (Å²) < 4.78 is 28.0. The Labute approximate surface area is 112 Å². The van der Waals surface area contributed by atoms with E-state index in [1.165, 1.54) is 11.6 Å². The standard InChI is InChI=1S/C15H18F2N2/c1-3-15(18-2)12-6-7-19(10-12)9-11-4-5-13(16)14(17)8-11/h4-8,10,15,18H,3,9H2,1-2H3. The van der Waals surface area contributed by atoms with Gasteiger partial charge in [0.15, 0.2) is 11.6 Å². The van der Waals surface area contributed by atoms with Crippen molar-refractivity contribution in [3.05, 3.63) is 59.4 Å². The lowest BCUT2D eigenvalue weighted by molar-refractivity contribution is 0.506. The molecule has 1 heterocycles. The number of halogens is 2. The van der Waals surface area contributed by atoms with Crippen LogP contribution in [0.25, 0.3) is 0 Å². The van der Waals surface area contributed by atoms with Crippen molar-refractivity contribution in [3.8, 4) is 0 Å². The zero-order chi connectivity index (χ0) is 13.8. The lowest BCUT2D eigenvalue weighted by Crippen LogP contribution is -2.14. The molecule has 0 radical (unpaired) electrons. The monoisotopic (exact) mass is 264 g/mol. The highest BCUT2D eigenvalue weighted by Gasteiger charge is 2.08. The molecule has 1 aromatic carbocycles. The summed E-state index contributed by atoms with van der Waals surface area (Å²) in [7, 11) is 1.93. The maximum Gasteiger partial charge on any atom is 0.159 e. The van der Waals surface area contributed by atoms with Crippen LogP contribution in [0.2, 0.25) is 0 Å². The summed E-state index contributed by atoms with van der Waals surface area (Å²) in [6.45, 7) is 2.66. The van der Waals surface area contributed by atoms with Gasteiger partial charge in [0.05, 0.1) is 0 Å². The Morgan fingerprint density at radius 1 is 1.21 bits per heavy atom. The highest BCUT2D eigenvalue weighted by atomic mass is 19.2. The molecule has 0 aliphatic rings. The zero-order valence-corrected chi connectivity index (χ0v) is 11.2. The topological polar surface area (TPSA) is 17.0 Å². The SMILES string of the molecule is CCC(NC)c1ccn(Cc2ccc(F)c(F)c2)c1. The summed E-state index contributed by atoms with van der Waals surface area (Å²) in [5.74, 6) is -1.61. The second-order valence-electron chi connectivity index (χ2n) is 4.62. The van der Waals surface area contributed by atoms with Gasteiger partial charge in [0, 0.05) is 25.0 Å². The Bertz CT molecular complexity index is 545. The summed E-state index contributed by atoms with van der Waals surface area (Å²) in [5.41, 5.74) is 1.95. The molecule has 1 N–H and O–H groups in total. The average Bonchev–Trinajstić information content (AvgIpc) is 2.84. The quantitative estimate of drug-likeness (QED) is 0.874. The molecule has 0 saturated carbocycles. The summed E-state index contributed by atoms with van der Waals surface area (Å²) in [5, 5.41) is 3.24. The third-order valence-electron chi connectivity index (χ3n) is 3.28. The summed E-state index contributed by atoms with van der Waals surface area (Å²) in [6.07, 6.45) is 4.99. The van der Waals surface area contributed by atoms with Crippen LogP contribution in [-0.2, 0) is 6.54 Å². The van der Waals surface area contributed by atoms with Gasteiger partial charge in [0.2, 0.25) is 0 Å². The molecule has 0 aliphatic heterocycles. The van der Waals surface area contributed by atoms with Gasteiger partial charge in [-0.1, -0.05) is 13.0 Å². The normalized spacial score (nSPS) is 12.6. The fourth-order valence-corrected chi connectivity index (χ4v) is 2.22. The molecule has 2 aromatic rings. The van der Waals surface area contributed by atoms with Crippen LogP contribution < -0.4 is 5.32 Å². The number of benzene rings is 1. The van der Waals surface area contributed by atoms with E-state index in [-0.39, 0.29) is 0 Å². The van der Waals surface area contributed by atoms with Crippen LogP contribution in [0.1, 0.15) is 30.5 Å². The Morgan fingerprint density at radius 2 is 2.00 bits per heavy atom. The maximum atomic E-state index is 13.1. The second-order valence-corrected chi connectivity index (χ2v) is 4.62. The van der Waals surface area contributed by atoms with Crippen molar-refractivity contribution in [1.82, 2.24) is 9.88 Å². The van der Waals surface area contributed by atoms with E-state index >= 15 is 0 Å².